The molecular formula is C22H43N3O4. The van der Waals surface area contributed by atoms with Gasteiger partial charge in [-0.25, -0.2) is 4.79 Å². The molecule has 0 saturated heterocycles. The fourth-order valence-corrected chi connectivity index (χ4v) is 2.75. The molecule has 1 atom stereocenters. The van der Waals surface area contributed by atoms with Crippen molar-refractivity contribution in [2.24, 2.45) is 0 Å². The second kappa shape index (κ2) is 16.1. The standard InChI is InChI=1S/C22H43N3O4/c1-6-8-10-12-16-23-19(26)15-14-18(25-21(28)29-22(3,4)5)20(27)24-17-13-11-9-7-2/h18H,6-17H2,1-5H3,(H,23,26)(H,24,27)(H,25,28)/t18-/m1/s1. The third kappa shape index (κ3) is 16.8. The van der Waals surface area contributed by atoms with Gasteiger partial charge in [-0.3, -0.25) is 9.59 Å². The van der Waals surface area contributed by atoms with Crippen LogP contribution in [0.5, 0.6) is 0 Å². The summed E-state index contributed by atoms with van der Waals surface area (Å²) in [5.74, 6) is -0.378. The molecule has 0 fully saturated rings. The van der Waals surface area contributed by atoms with Gasteiger partial charge in [0.1, 0.15) is 11.6 Å². The van der Waals surface area contributed by atoms with Crippen molar-refractivity contribution in [1.29, 1.82) is 0 Å². The maximum absolute atomic E-state index is 12.5. The molecule has 7 heteroatoms. The average Bonchev–Trinajstić information content (AvgIpc) is 2.63. The van der Waals surface area contributed by atoms with E-state index in [4.69, 9.17) is 4.74 Å². The number of carbonyl (C=O) groups is 3. The van der Waals surface area contributed by atoms with Gasteiger partial charge < -0.3 is 20.7 Å². The van der Waals surface area contributed by atoms with Crippen molar-refractivity contribution in [1.82, 2.24) is 16.0 Å². The zero-order chi connectivity index (χ0) is 22.1. The number of ether oxygens (including phenoxy) is 1. The fourth-order valence-electron chi connectivity index (χ4n) is 2.75. The van der Waals surface area contributed by atoms with Gasteiger partial charge in [-0.2, -0.15) is 0 Å². The number of unbranched alkanes of at least 4 members (excludes halogenated alkanes) is 6. The van der Waals surface area contributed by atoms with E-state index in [1.807, 2.05) is 0 Å². The molecule has 0 spiro atoms. The molecular weight excluding hydrogens is 370 g/mol. The van der Waals surface area contributed by atoms with Gasteiger partial charge in [0.05, 0.1) is 0 Å². The summed E-state index contributed by atoms with van der Waals surface area (Å²) < 4.78 is 5.25. The van der Waals surface area contributed by atoms with E-state index in [9.17, 15) is 14.4 Å². The number of hydrogen-bond acceptors (Lipinski definition) is 4. The molecule has 0 saturated carbocycles. The summed E-state index contributed by atoms with van der Waals surface area (Å²) in [6.45, 7) is 10.8. The van der Waals surface area contributed by atoms with Gasteiger partial charge in [-0.1, -0.05) is 52.4 Å². The number of hydrogen-bond donors (Lipinski definition) is 3. The third-order valence-corrected chi connectivity index (χ3v) is 4.35. The normalized spacial score (nSPS) is 12.2. The van der Waals surface area contributed by atoms with Crippen LogP contribution in [-0.4, -0.2) is 42.6 Å². The van der Waals surface area contributed by atoms with E-state index in [2.05, 4.69) is 29.8 Å². The van der Waals surface area contributed by atoms with Crippen LogP contribution in [0.1, 0.15) is 98.8 Å². The Labute approximate surface area is 177 Å². The predicted octanol–water partition coefficient (Wildman–Crippen LogP) is 4.05. The minimum absolute atomic E-state index is 0.103. The second-order valence-corrected chi connectivity index (χ2v) is 8.50. The van der Waals surface area contributed by atoms with Gasteiger partial charge in [-0.05, 0) is 40.0 Å². The van der Waals surface area contributed by atoms with Crippen molar-refractivity contribution >= 4 is 17.9 Å². The van der Waals surface area contributed by atoms with E-state index >= 15 is 0 Å². The Morgan fingerprint density at radius 1 is 0.828 bits per heavy atom. The molecule has 0 aromatic rings. The first kappa shape index (κ1) is 27.2. The highest BCUT2D eigenvalue weighted by molar-refractivity contribution is 5.86. The summed E-state index contributed by atoms with van der Waals surface area (Å²) in [6, 6.07) is -0.790. The van der Waals surface area contributed by atoms with Gasteiger partial charge in [0.15, 0.2) is 0 Å². The zero-order valence-corrected chi connectivity index (χ0v) is 19.2. The first-order valence-electron chi connectivity index (χ1n) is 11.2. The molecule has 0 aliphatic rings. The number of rotatable bonds is 15. The van der Waals surface area contributed by atoms with Crippen molar-refractivity contribution < 1.29 is 19.1 Å². The Morgan fingerprint density at radius 3 is 1.90 bits per heavy atom. The van der Waals surface area contributed by atoms with Gasteiger partial charge in [0, 0.05) is 19.5 Å². The molecule has 0 radical (unpaired) electrons. The van der Waals surface area contributed by atoms with Crippen molar-refractivity contribution in [3.63, 3.8) is 0 Å². The molecule has 0 unspecified atom stereocenters. The summed E-state index contributed by atoms with van der Waals surface area (Å²) in [7, 11) is 0. The van der Waals surface area contributed by atoms with E-state index in [-0.39, 0.29) is 24.7 Å². The highest BCUT2D eigenvalue weighted by Crippen LogP contribution is 2.08. The zero-order valence-electron chi connectivity index (χ0n) is 19.2. The smallest absolute Gasteiger partial charge is 0.408 e. The molecule has 170 valence electrons. The number of nitrogens with one attached hydrogen (secondary N) is 3. The molecule has 0 rings (SSSR count). The van der Waals surface area contributed by atoms with E-state index < -0.39 is 17.7 Å². The van der Waals surface area contributed by atoms with Gasteiger partial charge in [-0.15, -0.1) is 0 Å². The monoisotopic (exact) mass is 413 g/mol. The van der Waals surface area contributed by atoms with Crippen molar-refractivity contribution in [3.05, 3.63) is 0 Å². The highest BCUT2D eigenvalue weighted by atomic mass is 16.6. The first-order chi connectivity index (χ1) is 13.7. The van der Waals surface area contributed by atoms with Crippen LogP contribution in [0.4, 0.5) is 4.79 Å². The molecule has 7 nitrogen and oxygen atoms in total. The van der Waals surface area contributed by atoms with Crippen molar-refractivity contribution in [3.8, 4) is 0 Å². The topological polar surface area (TPSA) is 96.5 Å². The Hall–Kier alpha value is -1.79. The number of carbonyl (C=O) groups excluding carboxylic acids is 3. The maximum atomic E-state index is 12.5. The van der Waals surface area contributed by atoms with Gasteiger partial charge in [0.25, 0.3) is 0 Å². The third-order valence-electron chi connectivity index (χ3n) is 4.35. The van der Waals surface area contributed by atoms with Crippen LogP contribution >= 0.6 is 0 Å². The Balaban J connectivity index is 4.51. The Kier molecular flexibility index (Phi) is 15.1. The fraction of sp³-hybridized carbons (Fsp3) is 0.864. The second-order valence-electron chi connectivity index (χ2n) is 8.50. The minimum atomic E-state index is -0.790. The first-order valence-corrected chi connectivity index (χ1v) is 11.2. The van der Waals surface area contributed by atoms with Crippen LogP contribution in [-0.2, 0) is 14.3 Å². The molecule has 0 heterocycles. The van der Waals surface area contributed by atoms with E-state index in [1.54, 1.807) is 20.8 Å². The van der Waals surface area contributed by atoms with Gasteiger partial charge >= 0.3 is 6.09 Å². The van der Waals surface area contributed by atoms with Crippen LogP contribution in [0.15, 0.2) is 0 Å². The molecule has 0 aliphatic heterocycles. The highest BCUT2D eigenvalue weighted by Gasteiger charge is 2.24. The van der Waals surface area contributed by atoms with Crippen LogP contribution < -0.4 is 16.0 Å². The average molecular weight is 414 g/mol. The van der Waals surface area contributed by atoms with Crippen molar-refractivity contribution in [2.45, 2.75) is 110 Å². The maximum Gasteiger partial charge on any atom is 0.408 e. The summed E-state index contributed by atoms with van der Waals surface area (Å²) in [6.07, 6.45) is 8.35. The predicted molar refractivity (Wildman–Crippen MR) is 117 cm³/mol. The Morgan fingerprint density at radius 2 is 1.38 bits per heavy atom. The summed E-state index contributed by atoms with van der Waals surface area (Å²) in [5.41, 5.74) is -0.652. The molecule has 29 heavy (non-hydrogen) atoms. The minimum Gasteiger partial charge on any atom is -0.444 e. The summed E-state index contributed by atoms with van der Waals surface area (Å²) in [4.78, 5) is 36.7. The van der Waals surface area contributed by atoms with E-state index in [0.717, 1.165) is 51.4 Å². The molecule has 3 N–H and O–H groups in total. The molecule has 0 bridgehead atoms. The lowest BCUT2D eigenvalue weighted by Gasteiger charge is -2.23. The van der Waals surface area contributed by atoms with Crippen LogP contribution in [0.3, 0.4) is 0 Å². The lowest BCUT2D eigenvalue weighted by molar-refractivity contribution is -0.124. The Bertz CT molecular complexity index is 475. The molecule has 0 aromatic heterocycles. The molecule has 0 aromatic carbocycles. The van der Waals surface area contributed by atoms with E-state index in [1.165, 1.54) is 0 Å². The largest absolute Gasteiger partial charge is 0.444 e. The lowest BCUT2D eigenvalue weighted by atomic mass is 10.1. The summed E-state index contributed by atoms with van der Waals surface area (Å²) in [5, 5.41) is 8.35. The molecule has 3 amide bonds. The van der Waals surface area contributed by atoms with Crippen LogP contribution in [0.2, 0.25) is 0 Å². The number of amides is 3. The lowest BCUT2D eigenvalue weighted by Crippen LogP contribution is -2.48. The number of alkyl carbamates (subject to hydrolysis) is 1. The summed E-state index contributed by atoms with van der Waals surface area (Å²) >= 11 is 0. The molecule has 0 aliphatic carbocycles. The van der Waals surface area contributed by atoms with Crippen molar-refractivity contribution in [2.75, 3.05) is 13.1 Å². The van der Waals surface area contributed by atoms with Crippen LogP contribution in [0.25, 0.3) is 0 Å². The van der Waals surface area contributed by atoms with Gasteiger partial charge in [0.2, 0.25) is 11.8 Å². The van der Waals surface area contributed by atoms with Crippen LogP contribution in [0, 0.1) is 0 Å². The van der Waals surface area contributed by atoms with E-state index in [0.29, 0.717) is 13.1 Å². The quantitative estimate of drug-likeness (QED) is 0.353. The SMILES string of the molecule is CCCCCCNC(=O)CC[C@@H](NC(=O)OC(C)(C)C)C(=O)NCCCCCC.